The standard InChI is InChI=1S/C13H14O3/c1-8-11(12(14)15)13(8)6-7-16-10-5-3-2-4-9(10)13/h2-5,8,11H,6-7H2,1H3,(H,14,15)/t8?,11?,13-/m0/s1. The summed E-state index contributed by atoms with van der Waals surface area (Å²) in [4.78, 5) is 11.2. The largest absolute Gasteiger partial charge is 0.493 e. The third-order valence-electron chi connectivity index (χ3n) is 4.19. The topological polar surface area (TPSA) is 46.5 Å². The van der Waals surface area contributed by atoms with E-state index >= 15 is 0 Å². The van der Waals surface area contributed by atoms with Crippen LogP contribution >= 0.6 is 0 Å². The number of benzene rings is 1. The molecule has 1 N–H and O–H groups in total. The lowest BCUT2D eigenvalue weighted by atomic mass is 9.86. The summed E-state index contributed by atoms with van der Waals surface area (Å²) >= 11 is 0. The molecule has 16 heavy (non-hydrogen) atoms. The SMILES string of the molecule is CC1C(C(=O)O)[C@@]12CCOc1ccccc12. The first kappa shape index (κ1) is 9.70. The summed E-state index contributed by atoms with van der Waals surface area (Å²) in [6.07, 6.45) is 0.822. The van der Waals surface area contributed by atoms with Crippen LogP contribution in [0.25, 0.3) is 0 Å². The van der Waals surface area contributed by atoms with Gasteiger partial charge in [-0.15, -0.1) is 0 Å². The van der Waals surface area contributed by atoms with Crippen LogP contribution in [0.15, 0.2) is 24.3 Å². The fourth-order valence-electron chi connectivity index (χ4n) is 3.30. The predicted octanol–water partition coefficient (Wildman–Crippen LogP) is 2.06. The second-order valence-corrected chi connectivity index (χ2v) is 4.74. The molecule has 84 valence electrons. The number of aliphatic carboxylic acids is 1. The molecule has 0 amide bonds. The van der Waals surface area contributed by atoms with Gasteiger partial charge in [0, 0.05) is 11.0 Å². The van der Waals surface area contributed by atoms with Crippen LogP contribution in [-0.4, -0.2) is 17.7 Å². The quantitative estimate of drug-likeness (QED) is 0.784. The fourth-order valence-corrected chi connectivity index (χ4v) is 3.30. The molecule has 2 unspecified atom stereocenters. The maximum atomic E-state index is 11.2. The lowest BCUT2D eigenvalue weighted by molar-refractivity contribution is -0.139. The second kappa shape index (κ2) is 3.00. The lowest BCUT2D eigenvalue weighted by Crippen LogP contribution is -2.24. The molecule has 0 radical (unpaired) electrons. The number of fused-ring (bicyclic) bond motifs is 2. The Labute approximate surface area is 94.0 Å². The van der Waals surface area contributed by atoms with Crippen molar-refractivity contribution in [2.24, 2.45) is 11.8 Å². The summed E-state index contributed by atoms with van der Waals surface area (Å²) in [6.45, 7) is 2.66. The number of para-hydroxylation sites is 1. The van der Waals surface area contributed by atoms with E-state index in [9.17, 15) is 9.90 Å². The van der Waals surface area contributed by atoms with Crippen LogP contribution in [0.2, 0.25) is 0 Å². The number of hydrogen-bond acceptors (Lipinski definition) is 2. The first-order chi connectivity index (χ1) is 7.68. The average Bonchev–Trinajstić information content (AvgIpc) is 2.85. The van der Waals surface area contributed by atoms with E-state index in [0.717, 1.165) is 17.7 Å². The van der Waals surface area contributed by atoms with Crippen molar-refractivity contribution in [2.45, 2.75) is 18.8 Å². The Morgan fingerprint density at radius 2 is 2.25 bits per heavy atom. The van der Waals surface area contributed by atoms with Gasteiger partial charge in [-0.2, -0.15) is 0 Å². The molecule has 1 aliphatic carbocycles. The molecule has 0 saturated heterocycles. The zero-order valence-corrected chi connectivity index (χ0v) is 9.14. The molecular weight excluding hydrogens is 204 g/mol. The minimum atomic E-state index is -0.677. The molecule has 1 fully saturated rings. The molecular formula is C13H14O3. The monoisotopic (exact) mass is 218 g/mol. The van der Waals surface area contributed by atoms with Crippen LogP contribution in [0.4, 0.5) is 0 Å². The highest BCUT2D eigenvalue weighted by molar-refractivity contribution is 5.79. The van der Waals surface area contributed by atoms with Gasteiger partial charge in [-0.1, -0.05) is 25.1 Å². The van der Waals surface area contributed by atoms with Gasteiger partial charge in [-0.3, -0.25) is 4.79 Å². The number of rotatable bonds is 1. The average molecular weight is 218 g/mol. The highest BCUT2D eigenvalue weighted by atomic mass is 16.5. The maximum Gasteiger partial charge on any atom is 0.307 e. The van der Waals surface area contributed by atoms with Gasteiger partial charge in [0.2, 0.25) is 0 Å². The molecule has 3 nitrogen and oxygen atoms in total. The molecule has 2 aliphatic rings. The first-order valence-electron chi connectivity index (χ1n) is 5.63. The zero-order valence-electron chi connectivity index (χ0n) is 9.14. The van der Waals surface area contributed by atoms with Crippen LogP contribution in [0, 0.1) is 11.8 Å². The van der Waals surface area contributed by atoms with E-state index in [1.807, 2.05) is 31.2 Å². The van der Waals surface area contributed by atoms with Crippen molar-refractivity contribution in [3.8, 4) is 5.75 Å². The van der Waals surface area contributed by atoms with Crippen LogP contribution in [0.5, 0.6) is 5.75 Å². The molecule has 1 spiro atoms. The summed E-state index contributed by atoms with van der Waals surface area (Å²) in [5.74, 6) is 0.168. The molecule has 0 aromatic heterocycles. The smallest absolute Gasteiger partial charge is 0.307 e. The molecule has 1 aliphatic heterocycles. The molecule has 1 saturated carbocycles. The fraction of sp³-hybridized carbons (Fsp3) is 0.462. The number of ether oxygens (including phenoxy) is 1. The van der Waals surface area contributed by atoms with Gasteiger partial charge in [0.15, 0.2) is 0 Å². The van der Waals surface area contributed by atoms with Crippen molar-refractivity contribution in [1.29, 1.82) is 0 Å². The Morgan fingerprint density at radius 3 is 2.94 bits per heavy atom. The van der Waals surface area contributed by atoms with E-state index in [1.165, 1.54) is 0 Å². The predicted molar refractivity (Wildman–Crippen MR) is 58.5 cm³/mol. The van der Waals surface area contributed by atoms with Gasteiger partial charge in [0.25, 0.3) is 0 Å². The number of carbonyl (C=O) groups is 1. The van der Waals surface area contributed by atoms with Gasteiger partial charge >= 0.3 is 5.97 Å². The lowest BCUT2D eigenvalue weighted by Gasteiger charge is -2.26. The number of carboxylic acid groups (broad SMARTS) is 1. The summed E-state index contributed by atoms with van der Waals surface area (Å²) in [5.41, 5.74) is 0.918. The van der Waals surface area contributed by atoms with E-state index in [1.54, 1.807) is 0 Å². The minimum Gasteiger partial charge on any atom is -0.493 e. The van der Waals surface area contributed by atoms with Crippen molar-refractivity contribution in [1.82, 2.24) is 0 Å². The molecule has 3 heteroatoms. The summed E-state index contributed by atoms with van der Waals surface area (Å²) in [5, 5.41) is 9.23. The van der Waals surface area contributed by atoms with E-state index in [2.05, 4.69) is 0 Å². The van der Waals surface area contributed by atoms with Crippen molar-refractivity contribution in [2.75, 3.05) is 6.61 Å². The molecule has 1 aromatic rings. The van der Waals surface area contributed by atoms with Crippen molar-refractivity contribution in [3.05, 3.63) is 29.8 Å². The third-order valence-corrected chi connectivity index (χ3v) is 4.19. The number of carboxylic acids is 1. The number of hydrogen-bond donors (Lipinski definition) is 1. The Morgan fingerprint density at radius 1 is 1.50 bits per heavy atom. The Kier molecular flexibility index (Phi) is 1.82. The first-order valence-corrected chi connectivity index (χ1v) is 5.63. The Bertz CT molecular complexity index is 454. The molecule has 0 bridgehead atoms. The molecule has 1 heterocycles. The second-order valence-electron chi connectivity index (χ2n) is 4.74. The van der Waals surface area contributed by atoms with E-state index in [0.29, 0.717) is 6.61 Å². The van der Waals surface area contributed by atoms with Crippen LogP contribution in [-0.2, 0) is 10.2 Å². The summed E-state index contributed by atoms with van der Waals surface area (Å²) in [6, 6.07) is 7.83. The minimum absolute atomic E-state index is 0.166. The summed E-state index contributed by atoms with van der Waals surface area (Å²) < 4.78 is 5.58. The van der Waals surface area contributed by atoms with Crippen LogP contribution in [0.1, 0.15) is 18.9 Å². The van der Waals surface area contributed by atoms with Crippen LogP contribution in [0.3, 0.4) is 0 Å². The Hall–Kier alpha value is -1.51. The highest BCUT2D eigenvalue weighted by Crippen LogP contribution is 2.65. The highest BCUT2D eigenvalue weighted by Gasteiger charge is 2.68. The summed E-state index contributed by atoms with van der Waals surface area (Å²) in [7, 11) is 0. The van der Waals surface area contributed by atoms with Crippen molar-refractivity contribution >= 4 is 5.97 Å². The van der Waals surface area contributed by atoms with Gasteiger partial charge in [-0.25, -0.2) is 0 Å². The van der Waals surface area contributed by atoms with E-state index in [4.69, 9.17) is 4.74 Å². The Balaban J connectivity index is 2.10. The molecule has 3 atom stereocenters. The van der Waals surface area contributed by atoms with Gasteiger partial charge in [-0.05, 0) is 18.4 Å². The normalized spacial score (nSPS) is 35.3. The van der Waals surface area contributed by atoms with Crippen molar-refractivity contribution in [3.63, 3.8) is 0 Å². The van der Waals surface area contributed by atoms with Gasteiger partial charge in [0.05, 0.1) is 12.5 Å². The van der Waals surface area contributed by atoms with Crippen LogP contribution < -0.4 is 4.74 Å². The van der Waals surface area contributed by atoms with E-state index in [-0.39, 0.29) is 17.3 Å². The van der Waals surface area contributed by atoms with Gasteiger partial charge < -0.3 is 9.84 Å². The maximum absolute atomic E-state index is 11.2. The van der Waals surface area contributed by atoms with Crippen molar-refractivity contribution < 1.29 is 14.6 Å². The van der Waals surface area contributed by atoms with Gasteiger partial charge in [0.1, 0.15) is 5.75 Å². The van der Waals surface area contributed by atoms with E-state index < -0.39 is 5.97 Å². The zero-order chi connectivity index (χ0) is 11.3. The third kappa shape index (κ3) is 1.01. The molecule has 1 aromatic carbocycles. The molecule has 3 rings (SSSR count).